The van der Waals surface area contributed by atoms with Crippen LogP contribution in [0.2, 0.25) is 0 Å². The first-order valence-electron chi connectivity index (χ1n) is 4.06. The van der Waals surface area contributed by atoms with Gasteiger partial charge in [0.25, 0.3) is 0 Å². The molecule has 5 heteroatoms. The van der Waals surface area contributed by atoms with Crippen LogP contribution in [0.5, 0.6) is 0 Å². The van der Waals surface area contributed by atoms with Gasteiger partial charge in [0.2, 0.25) is 0 Å². The van der Waals surface area contributed by atoms with Gasteiger partial charge in [-0.25, -0.2) is 0 Å². The van der Waals surface area contributed by atoms with Crippen molar-refractivity contribution < 1.29 is 22.7 Å². The molecule has 0 aromatic heterocycles. The summed E-state index contributed by atoms with van der Waals surface area (Å²) in [6, 6.07) is 0. The minimum absolute atomic E-state index is 0. The molecule has 0 aliphatic heterocycles. The van der Waals surface area contributed by atoms with E-state index in [0.29, 0.717) is 12.8 Å². The minimum Gasteiger partial charge on any atom is -1.00 e. The largest absolute Gasteiger partial charge is 2.00 e. The molecule has 0 aliphatic carbocycles. The van der Waals surface area contributed by atoms with Crippen LogP contribution in [0.4, 0.5) is 0 Å². The van der Waals surface area contributed by atoms with Crippen molar-refractivity contribution in [2.24, 2.45) is 0 Å². The average molecular weight is 201 g/mol. The van der Waals surface area contributed by atoms with E-state index in [1.54, 1.807) is 0 Å². The van der Waals surface area contributed by atoms with Crippen LogP contribution in [0.25, 0.3) is 0 Å². The Bertz CT molecular complexity index is 149. The molecule has 0 aromatic carbocycles. The summed E-state index contributed by atoms with van der Waals surface area (Å²) in [5.74, 6) is -1.57. The van der Waals surface area contributed by atoms with E-state index in [4.69, 9.17) is 10.2 Å². The Balaban J connectivity index is -0.000000202. The van der Waals surface area contributed by atoms with E-state index in [1.165, 1.54) is 0 Å². The van der Waals surface area contributed by atoms with Gasteiger partial charge in [-0.3, -0.25) is 9.59 Å². The van der Waals surface area contributed by atoms with Crippen LogP contribution < -0.4 is 0 Å². The number of carboxylic acids is 2. The monoisotopic (exact) mass is 200 g/mol. The van der Waals surface area contributed by atoms with E-state index in [9.17, 15) is 9.59 Å². The number of unbranched alkanes of at least 4 members (excludes halogenated alkanes) is 3. The van der Waals surface area contributed by atoms with Crippen molar-refractivity contribution in [2.45, 2.75) is 38.5 Å². The molecular weight excluding hydrogens is 184 g/mol. The average Bonchev–Trinajstić information content (AvgIpc) is 1.95. The zero-order valence-corrected chi connectivity index (χ0v) is 9.07. The molecule has 74 valence electrons. The fourth-order valence-electron chi connectivity index (χ4n) is 0.906. The Labute approximate surface area is 96.4 Å². The third kappa shape index (κ3) is 14.5. The minimum atomic E-state index is -0.784. The van der Waals surface area contributed by atoms with Crippen molar-refractivity contribution in [2.75, 3.05) is 0 Å². The molecule has 4 nitrogen and oxygen atoms in total. The van der Waals surface area contributed by atoms with E-state index in [2.05, 4.69) is 0 Å². The molecule has 0 amide bonds. The van der Waals surface area contributed by atoms with Crippen LogP contribution in [-0.4, -0.2) is 45.2 Å². The molecule has 0 unspecified atom stereocenters. The summed E-state index contributed by atoms with van der Waals surface area (Å²) in [4.78, 5) is 20.1. The van der Waals surface area contributed by atoms with E-state index >= 15 is 0 Å². The van der Waals surface area contributed by atoms with E-state index in [0.717, 1.165) is 12.8 Å². The summed E-state index contributed by atoms with van der Waals surface area (Å²) >= 11 is 0. The van der Waals surface area contributed by atoms with Crippen molar-refractivity contribution in [3.8, 4) is 0 Å². The third-order valence-corrected chi connectivity index (χ3v) is 1.53. The first-order chi connectivity index (χ1) is 5.63. The first kappa shape index (κ1) is 15.2. The molecule has 0 fully saturated rings. The van der Waals surface area contributed by atoms with Gasteiger partial charge in [0.05, 0.1) is 0 Å². The number of hydrogen-bond acceptors (Lipinski definition) is 2. The Morgan fingerprint density at radius 3 is 1.38 bits per heavy atom. The molecule has 0 aliphatic rings. The van der Waals surface area contributed by atoms with Crippen LogP contribution in [-0.2, 0) is 9.59 Å². The second-order valence-electron chi connectivity index (χ2n) is 2.70. The molecule has 0 saturated carbocycles. The number of aliphatic carboxylic acids is 2. The van der Waals surface area contributed by atoms with Crippen LogP contribution in [0.1, 0.15) is 41.4 Å². The SMILES string of the molecule is O=C(O)CCCCCCC(=O)O.[H-].[H-].[Mg+2]. The van der Waals surface area contributed by atoms with Crippen LogP contribution in [0, 0.1) is 0 Å². The van der Waals surface area contributed by atoms with Gasteiger partial charge in [0.1, 0.15) is 0 Å². The van der Waals surface area contributed by atoms with E-state index in [1.807, 2.05) is 0 Å². The summed E-state index contributed by atoms with van der Waals surface area (Å²) in [5, 5.41) is 16.5. The normalized spacial score (nSPS) is 8.92. The maximum Gasteiger partial charge on any atom is 2.00 e. The van der Waals surface area contributed by atoms with E-state index < -0.39 is 11.9 Å². The fraction of sp³-hybridized carbons (Fsp3) is 0.750. The Morgan fingerprint density at radius 1 is 0.846 bits per heavy atom. The van der Waals surface area contributed by atoms with Crippen molar-refractivity contribution in [1.29, 1.82) is 0 Å². The van der Waals surface area contributed by atoms with Gasteiger partial charge in [-0.15, -0.1) is 0 Å². The predicted molar refractivity (Wildman–Crippen MR) is 51.0 cm³/mol. The summed E-state index contributed by atoms with van der Waals surface area (Å²) in [7, 11) is 0. The van der Waals surface area contributed by atoms with Crippen molar-refractivity contribution in [1.82, 2.24) is 0 Å². The standard InChI is InChI=1S/C8H14O4.Mg.2H/c9-7(10)5-3-1-2-4-6-8(11)12;;;/h1-6H2,(H,9,10)(H,11,12);;;/q;+2;2*-1. The molecule has 2 N–H and O–H groups in total. The Hall–Kier alpha value is -0.294. The molecule has 0 bridgehead atoms. The van der Waals surface area contributed by atoms with Gasteiger partial charge < -0.3 is 13.1 Å². The van der Waals surface area contributed by atoms with Gasteiger partial charge in [-0.05, 0) is 12.8 Å². The molecule has 0 radical (unpaired) electrons. The van der Waals surface area contributed by atoms with Crippen LogP contribution in [0.3, 0.4) is 0 Å². The van der Waals surface area contributed by atoms with Gasteiger partial charge in [-0.1, -0.05) is 12.8 Å². The summed E-state index contributed by atoms with van der Waals surface area (Å²) in [5.41, 5.74) is 0. The topological polar surface area (TPSA) is 74.6 Å². The molecule has 0 atom stereocenters. The summed E-state index contributed by atoms with van der Waals surface area (Å²) in [6.45, 7) is 0. The number of carbonyl (C=O) groups is 2. The number of rotatable bonds is 7. The second kappa shape index (κ2) is 9.79. The van der Waals surface area contributed by atoms with Crippen LogP contribution in [0.15, 0.2) is 0 Å². The van der Waals surface area contributed by atoms with E-state index in [-0.39, 0.29) is 38.7 Å². The van der Waals surface area contributed by atoms with Crippen LogP contribution >= 0.6 is 0 Å². The Morgan fingerprint density at radius 2 is 1.15 bits per heavy atom. The molecule has 13 heavy (non-hydrogen) atoms. The van der Waals surface area contributed by atoms with Crippen molar-refractivity contribution in [3.63, 3.8) is 0 Å². The second-order valence-corrected chi connectivity index (χ2v) is 2.70. The number of hydrogen-bond donors (Lipinski definition) is 2. The number of carboxylic acid groups (broad SMARTS) is 2. The van der Waals surface area contributed by atoms with Crippen molar-refractivity contribution in [3.05, 3.63) is 0 Å². The summed E-state index contributed by atoms with van der Waals surface area (Å²) in [6.07, 6.45) is 3.28. The molecule has 0 aromatic rings. The smallest absolute Gasteiger partial charge is 1.00 e. The molecular formula is C8H16MgO4. The third-order valence-electron chi connectivity index (χ3n) is 1.53. The summed E-state index contributed by atoms with van der Waals surface area (Å²) < 4.78 is 0. The van der Waals surface area contributed by atoms with Gasteiger partial charge in [-0.2, -0.15) is 0 Å². The zero-order chi connectivity index (χ0) is 9.40. The molecule has 0 spiro atoms. The maximum absolute atomic E-state index is 10.0. The predicted octanol–water partition coefficient (Wildman–Crippen LogP) is 1.34. The quantitative estimate of drug-likeness (QED) is 0.480. The van der Waals surface area contributed by atoms with Gasteiger partial charge >= 0.3 is 35.0 Å². The molecule has 0 saturated heterocycles. The fourth-order valence-corrected chi connectivity index (χ4v) is 0.906. The Kier molecular flexibility index (Phi) is 11.4. The van der Waals surface area contributed by atoms with Crippen molar-refractivity contribution >= 4 is 35.0 Å². The maximum atomic E-state index is 10.0. The molecule has 0 rings (SSSR count). The van der Waals surface area contributed by atoms with Gasteiger partial charge in [0, 0.05) is 12.8 Å². The molecule has 0 heterocycles. The first-order valence-corrected chi connectivity index (χ1v) is 4.06. The zero-order valence-electron chi connectivity index (χ0n) is 9.66. The van der Waals surface area contributed by atoms with Gasteiger partial charge in [0.15, 0.2) is 0 Å².